The molecule has 2 N–H and O–H groups in total. The van der Waals surface area contributed by atoms with Crippen molar-refractivity contribution in [3.63, 3.8) is 0 Å². The van der Waals surface area contributed by atoms with E-state index in [1.807, 2.05) is 32.0 Å². The van der Waals surface area contributed by atoms with Gasteiger partial charge in [0.25, 0.3) is 0 Å². The number of benzene rings is 1. The minimum atomic E-state index is -1.14. The van der Waals surface area contributed by atoms with Gasteiger partial charge >= 0.3 is 0 Å². The maximum atomic E-state index is 13.5. The lowest BCUT2D eigenvalue weighted by Crippen LogP contribution is -2.44. The van der Waals surface area contributed by atoms with Gasteiger partial charge < -0.3 is 10.2 Å². The number of fused-ring (bicyclic) bond motifs is 3. The SMILES string of the molecule is CC1(C)CC2C(=O)C=C(c3ccc4c(c3)C(=O)C3CC(C)(C)CC3C4(C)O)C(C)(O)C2C1. The lowest BCUT2D eigenvalue weighted by atomic mass is 9.65. The Labute approximate surface area is 191 Å². The molecule has 1 aromatic rings. The van der Waals surface area contributed by atoms with Crippen LogP contribution in [0.2, 0.25) is 0 Å². The fraction of sp³-hybridized carbons (Fsp3) is 0.643. The molecule has 0 spiro atoms. The number of hydrogen-bond acceptors (Lipinski definition) is 4. The maximum Gasteiger partial charge on any atom is 0.166 e. The van der Waals surface area contributed by atoms with Crippen LogP contribution in [0.3, 0.4) is 0 Å². The summed E-state index contributed by atoms with van der Waals surface area (Å²) in [6, 6.07) is 5.53. The van der Waals surface area contributed by atoms with Gasteiger partial charge in [-0.3, -0.25) is 9.59 Å². The van der Waals surface area contributed by atoms with Gasteiger partial charge in [0.2, 0.25) is 0 Å². The highest BCUT2D eigenvalue weighted by Crippen LogP contribution is 2.58. The maximum absolute atomic E-state index is 13.5. The zero-order valence-corrected chi connectivity index (χ0v) is 20.2. The molecule has 5 rings (SSSR count). The van der Waals surface area contributed by atoms with Crippen LogP contribution in [0.15, 0.2) is 24.3 Å². The van der Waals surface area contributed by atoms with E-state index < -0.39 is 11.2 Å². The Morgan fingerprint density at radius 1 is 0.781 bits per heavy atom. The summed E-state index contributed by atoms with van der Waals surface area (Å²) in [6.45, 7) is 12.3. The number of allylic oxidation sites excluding steroid dienone is 1. The quantitative estimate of drug-likeness (QED) is 0.656. The summed E-state index contributed by atoms with van der Waals surface area (Å²) in [5.74, 6) is -0.374. The van der Waals surface area contributed by atoms with Crippen LogP contribution in [0.4, 0.5) is 0 Å². The number of aliphatic hydroxyl groups is 2. The van der Waals surface area contributed by atoms with Gasteiger partial charge in [-0.2, -0.15) is 0 Å². The Morgan fingerprint density at radius 2 is 1.34 bits per heavy atom. The predicted octanol–water partition coefficient (Wildman–Crippen LogP) is 4.91. The van der Waals surface area contributed by atoms with Crippen LogP contribution in [0.5, 0.6) is 0 Å². The molecule has 4 aliphatic carbocycles. The first-order valence-corrected chi connectivity index (χ1v) is 12.0. The van der Waals surface area contributed by atoms with Crippen LogP contribution >= 0.6 is 0 Å². The zero-order chi connectivity index (χ0) is 23.4. The van der Waals surface area contributed by atoms with Crippen LogP contribution < -0.4 is 0 Å². The molecule has 6 atom stereocenters. The summed E-state index contributed by atoms with van der Waals surface area (Å²) in [5, 5.41) is 23.1. The third-order valence-electron chi connectivity index (χ3n) is 9.18. The molecule has 172 valence electrons. The molecule has 2 saturated carbocycles. The Morgan fingerprint density at radius 3 is 1.97 bits per heavy atom. The van der Waals surface area contributed by atoms with E-state index in [4.69, 9.17) is 0 Å². The first-order chi connectivity index (χ1) is 14.6. The summed E-state index contributed by atoms with van der Waals surface area (Å²) in [4.78, 5) is 26.6. The normalized spacial score (nSPS) is 41.7. The number of rotatable bonds is 1. The second-order valence-corrected chi connectivity index (χ2v) is 13.0. The summed E-state index contributed by atoms with van der Waals surface area (Å²) in [6.07, 6.45) is 4.79. The Bertz CT molecular complexity index is 1060. The standard InChI is InChI=1S/C28H36O4/c1-25(2)11-17-21(13-25)28(6,32)20(10-23(17)29)15-7-8-19-16(9-15)24(30)18-12-26(3,4)14-22(18)27(19,5)31/h7-10,17-18,21-22,31-32H,11-14H2,1-6H3. The molecule has 0 aromatic heterocycles. The zero-order valence-electron chi connectivity index (χ0n) is 20.2. The van der Waals surface area contributed by atoms with Gasteiger partial charge in [0.05, 0.1) is 11.2 Å². The first-order valence-electron chi connectivity index (χ1n) is 12.0. The first kappa shape index (κ1) is 22.0. The minimum absolute atomic E-state index is 0.0200. The van der Waals surface area contributed by atoms with E-state index in [-0.39, 0.29) is 46.1 Å². The summed E-state index contributed by atoms with van der Waals surface area (Å²) in [5.41, 5.74) is 0.366. The lowest BCUT2D eigenvalue weighted by molar-refractivity contribution is -0.122. The van der Waals surface area contributed by atoms with Crippen molar-refractivity contribution in [2.24, 2.45) is 34.5 Å². The molecule has 0 amide bonds. The van der Waals surface area contributed by atoms with Crippen molar-refractivity contribution in [1.82, 2.24) is 0 Å². The molecule has 0 radical (unpaired) electrons. The molecule has 0 aliphatic heterocycles. The van der Waals surface area contributed by atoms with Crippen LogP contribution in [-0.4, -0.2) is 27.4 Å². The van der Waals surface area contributed by atoms with Crippen molar-refractivity contribution in [3.8, 4) is 0 Å². The van der Waals surface area contributed by atoms with Gasteiger partial charge in [0, 0.05) is 29.2 Å². The molecule has 32 heavy (non-hydrogen) atoms. The van der Waals surface area contributed by atoms with Crippen molar-refractivity contribution in [3.05, 3.63) is 41.0 Å². The average Bonchev–Trinajstić information content (AvgIpc) is 3.20. The number of carbonyl (C=O) groups is 2. The van der Waals surface area contributed by atoms with Gasteiger partial charge in [-0.25, -0.2) is 0 Å². The van der Waals surface area contributed by atoms with E-state index in [1.54, 1.807) is 6.08 Å². The molecule has 4 heteroatoms. The number of Topliss-reactive ketones (excluding diaryl/α,β-unsaturated/α-hetero) is 1. The van der Waals surface area contributed by atoms with Gasteiger partial charge in [-0.05, 0) is 79.2 Å². The lowest BCUT2D eigenvalue weighted by Gasteiger charge is -2.42. The predicted molar refractivity (Wildman–Crippen MR) is 124 cm³/mol. The Hall–Kier alpha value is -1.78. The fourth-order valence-corrected chi connectivity index (χ4v) is 7.60. The number of carbonyl (C=O) groups excluding carboxylic acids is 2. The van der Waals surface area contributed by atoms with Crippen molar-refractivity contribution < 1.29 is 19.8 Å². The molecule has 4 nitrogen and oxygen atoms in total. The van der Waals surface area contributed by atoms with Crippen LogP contribution in [-0.2, 0) is 10.4 Å². The molecule has 1 aromatic carbocycles. The Kier molecular flexibility index (Phi) is 4.42. The van der Waals surface area contributed by atoms with Gasteiger partial charge in [-0.1, -0.05) is 39.8 Å². The number of hydrogen-bond donors (Lipinski definition) is 2. The molecular weight excluding hydrogens is 400 g/mol. The van der Waals surface area contributed by atoms with Crippen molar-refractivity contribution in [2.75, 3.05) is 0 Å². The molecule has 2 fully saturated rings. The topological polar surface area (TPSA) is 74.6 Å². The largest absolute Gasteiger partial charge is 0.385 e. The average molecular weight is 437 g/mol. The van der Waals surface area contributed by atoms with Gasteiger partial charge in [0.1, 0.15) is 0 Å². The van der Waals surface area contributed by atoms with Crippen LogP contribution in [0, 0.1) is 34.5 Å². The van der Waals surface area contributed by atoms with Crippen molar-refractivity contribution >= 4 is 17.1 Å². The molecule has 6 unspecified atom stereocenters. The summed E-state index contributed by atoms with van der Waals surface area (Å²) in [7, 11) is 0. The van der Waals surface area contributed by atoms with Crippen molar-refractivity contribution in [1.29, 1.82) is 0 Å². The van der Waals surface area contributed by atoms with Gasteiger partial charge in [0.15, 0.2) is 11.6 Å². The summed E-state index contributed by atoms with van der Waals surface area (Å²) < 4.78 is 0. The second-order valence-electron chi connectivity index (χ2n) is 13.0. The third kappa shape index (κ3) is 3.02. The van der Waals surface area contributed by atoms with Crippen molar-refractivity contribution in [2.45, 2.75) is 78.4 Å². The van der Waals surface area contributed by atoms with E-state index in [1.165, 1.54) is 0 Å². The second kappa shape index (κ2) is 6.42. The summed E-state index contributed by atoms with van der Waals surface area (Å²) >= 11 is 0. The van der Waals surface area contributed by atoms with E-state index in [9.17, 15) is 19.8 Å². The van der Waals surface area contributed by atoms with E-state index in [0.717, 1.165) is 25.7 Å². The molecule has 0 bridgehead atoms. The number of ketones is 2. The Balaban J connectivity index is 1.59. The highest BCUT2D eigenvalue weighted by molar-refractivity contribution is 6.05. The fourth-order valence-electron chi connectivity index (χ4n) is 7.60. The van der Waals surface area contributed by atoms with Gasteiger partial charge in [-0.15, -0.1) is 0 Å². The van der Waals surface area contributed by atoms with Crippen LogP contribution in [0.25, 0.3) is 5.57 Å². The van der Waals surface area contributed by atoms with E-state index in [2.05, 4.69) is 27.7 Å². The third-order valence-corrected chi connectivity index (χ3v) is 9.18. The molecule has 4 aliphatic rings. The highest BCUT2D eigenvalue weighted by Gasteiger charge is 2.56. The van der Waals surface area contributed by atoms with E-state index >= 15 is 0 Å². The van der Waals surface area contributed by atoms with Crippen LogP contribution in [0.1, 0.15) is 88.7 Å². The monoisotopic (exact) mass is 436 g/mol. The molecule has 0 heterocycles. The highest BCUT2D eigenvalue weighted by atomic mass is 16.3. The smallest absolute Gasteiger partial charge is 0.166 e. The minimum Gasteiger partial charge on any atom is -0.385 e. The molecule has 0 saturated heterocycles. The van der Waals surface area contributed by atoms with E-state index in [0.29, 0.717) is 22.3 Å². The molecular formula is C28H36O4.